The Labute approximate surface area is 116 Å². The van der Waals surface area contributed by atoms with Crippen molar-refractivity contribution in [3.8, 4) is 0 Å². The summed E-state index contributed by atoms with van der Waals surface area (Å²) >= 11 is 0. The number of benzene rings is 1. The topological polar surface area (TPSA) is 38.3 Å². The van der Waals surface area contributed by atoms with Crippen LogP contribution in [0.1, 0.15) is 56.3 Å². The molecular weight excluding hydrogens is 238 g/mol. The lowest BCUT2D eigenvalue weighted by Gasteiger charge is -2.15. The quantitative estimate of drug-likeness (QED) is 0.563. The van der Waals surface area contributed by atoms with E-state index in [0.29, 0.717) is 11.6 Å². The molecule has 0 aliphatic carbocycles. The third kappa shape index (κ3) is 5.77. The second-order valence-electron chi connectivity index (χ2n) is 4.97. The summed E-state index contributed by atoms with van der Waals surface area (Å²) < 4.78 is 4.72. The van der Waals surface area contributed by atoms with Crippen LogP contribution in [0, 0.1) is 0 Å². The van der Waals surface area contributed by atoms with Crippen molar-refractivity contribution in [1.82, 2.24) is 0 Å². The van der Waals surface area contributed by atoms with Crippen LogP contribution in [0.5, 0.6) is 0 Å². The molecule has 1 aromatic rings. The number of ether oxygens (including phenoxy) is 1. The van der Waals surface area contributed by atoms with E-state index < -0.39 is 0 Å². The third-order valence-corrected chi connectivity index (χ3v) is 3.19. The molecule has 106 valence electrons. The first-order valence-electron chi connectivity index (χ1n) is 7.12. The number of esters is 1. The molecule has 1 atom stereocenters. The lowest BCUT2D eigenvalue weighted by molar-refractivity contribution is 0.0601. The van der Waals surface area contributed by atoms with Gasteiger partial charge in [-0.3, -0.25) is 0 Å². The maximum atomic E-state index is 11.4. The summed E-state index contributed by atoms with van der Waals surface area (Å²) in [5.74, 6) is -0.292. The van der Waals surface area contributed by atoms with E-state index in [1.165, 1.54) is 32.8 Å². The first kappa shape index (κ1) is 15.5. The second-order valence-corrected chi connectivity index (χ2v) is 4.97. The van der Waals surface area contributed by atoms with E-state index in [9.17, 15) is 4.79 Å². The van der Waals surface area contributed by atoms with Crippen molar-refractivity contribution in [2.75, 3.05) is 12.4 Å². The molecule has 0 heterocycles. The maximum Gasteiger partial charge on any atom is 0.337 e. The van der Waals surface area contributed by atoms with Crippen molar-refractivity contribution in [3.05, 3.63) is 29.8 Å². The number of anilines is 1. The van der Waals surface area contributed by atoms with Gasteiger partial charge >= 0.3 is 5.97 Å². The highest BCUT2D eigenvalue weighted by atomic mass is 16.5. The largest absolute Gasteiger partial charge is 0.465 e. The van der Waals surface area contributed by atoms with Gasteiger partial charge in [0.2, 0.25) is 0 Å². The van der Waals surface area contributed by atoms with Crippen LogP contribution in [0.3, 0.4) is 0 Å². The Morgan fingerprint density at radius 2 is 2.11 bits per heavy atom. The van der Waals surface area contributed by atoms with Crippen molar-refractivity contribution < 1.29 is 9.53 Å². The van der Waals surface area contributed by atoms with Gasteiger partial charge in [-0.15, -0.1) is 0 Å². The van der Waals surface area contributed by atoms with Crippen molar-refractivity contribution in [2.45, 2.75) is 52.0 Å². The van der Waals surface area contributed by atoms with Crippen molar-refractivity contribution in [3.63, 3.8) is 0 Å². The van der Waals surface area contributed by atoms with Gasteiger partial charge in [-0.1, -0.05) is 38.7 Å². The van der Waals surface area contributed by atoms with Gasteiger partial charge in [-0.05, 0) is 31.5 Å². The Kier molecular flexibility index (Phi) is 7.01. The minimum absolute atomic E-state index is 0.292. The smallest absolute Gasteiger partial charge is 0.337 e. The van der Waals surface area contributed by atoms with Crippen LogP contribution in [-0.2, 0) is 4.74 Å². The number of nitrogens with one attached hydrogen (secondary N) is 1. The summed E-state index contributed by atoms with van der Waals surface area (Å²) in [7, 11) is 1.40. The number of hydrogen-bond donors (Lipinski definition) is 1. The zero-order valence-electron chi connectivity index (χ0n) is 12.2. The second kappa shape index (κ2) is 8.57. The molecular formula is C16H25NO2. The van der Waals surface area contributed by atoms with Gasteiger partial charge in [-0.25, -0.2) is 4.79 Å². The minimum atomic E-state index is -0.292. The summed E-state index contributed by atoms with van der Waals surface area (Å²) in [5, 5.41) is 3.43. The molecule has 0 fully saturated rings. The highest BCUT2D eigenvalue weighted by Gasteiger charge is 2.07. The van der Waals surface area contributed by atoms with Crippen LogP contribution in [-0.4, -0.2) is 19.1 Å². The average Bonchev–Trinajstić information content (AvgIpc) is 2.43. The molecule has 0 radical (unpaired) electrons. The Balaban J connectivity index is 2.45. The van der Waals surface area contributed by atoms with Crippen LogP contribution in [0.15, 0.2) is 24.3 Å². The Morgan fingerprint density at radius 3 is 2.79 bits per heavy atom. The fourth-order valence-corrected chi connectivity index (χ4v) is 2.09. The van der Waals surface area contributed by atoms with E-state index in [2.05, 4.69) is 19.2 Å². The fraction of sp³-hybridized carbons (Fsp3) is 0.562. The summed E-state index contributed by atoms with van der Waals surface area (Å²) in [6.07, 6.45) is 6.28. The SMILES string of the molecule is CCCCCCC(C)Nc1cccc(C(=O)OC)c1. The van der Waals surface area contributed by atoms with Gasteiger partial charge in [0.15, 0.2) is 0 Å². The molecule has 0 aliphatic heterocycles. The normalized spacial score (nSPS) is 11.9. The van der Waals surface area contributed by atoms with Crippen molar-refractivity contribution in [2.24, 2.45) is 0 Å². The van der Waals surface area contributed by atoms with Crippen LogP contribution in [0.4, 0.5) is 5.69 Å². The molecule has 0 saturated heterocycles. The number of methoxy groups -OCH3 is 1. The summed E-state index contributed by atoms with van der Waals surface area (Å²) in [6.45, 7) is 4.40. The molecule has 1 unspecified atom stereocenters. The van der Waals surface area contributed by atoms with Crippen LogP contribution in [0.25, 0.3) is 0 Å². The first-order chi connectivity index (χ1) is 9.17. The fourth-order valence-electron chi connectivity index (χ4n) is 2.09. The van der Waals surface area contributed by atoms with E-state index in [4.69, 9.17) is 4.74 Å². The monoisotopic (exact) mass is 263 g/mol. The zero-order chi connectivity index (χ0) is 14.1. The van der Waals surface area contributed by atoms with Crippen molar-refractivity contribution in [1.29, 1.82) is 0 Å². The molecule has 0 bridgehead atoms. The summed E-state index contributed by atoms with van der Waals surface area (Å²) in [4.78, 5) is 11.4. The van der Waals surface area contributed by atoms with Gasteiger partial charge in [0.1, 0.15) is 0 Å². The molecule has 3 heteroatoms. The molecule has 0 spiro atoms. The molecule has 0 aromatic heterocycles. The molecule has 1 aromatic carbocycles. The lowest BCUT2D eigenvalue weighted by Crippen LogP contribution is -2.15. The van der Waals surface area contributed by atoms with Crippen molar-refractivity contribution >= 4 is 11.7 Å². The van der Waals surface area contributed by atoms with E-state index in [1.54, 1.807) is 6.07 Å². The molecule has 0 aliphatic rings. The van der Waals surface area contributed by atoms with Gasteiger partial charge in [0, 0.05) is 11.7 Å². The molecule has 1 N–H and O–H groups in total. The van der Waals surface area contributed by atoms with Gasteiger partial charge in [-0.2, -0.15) is 0 Å². The van der Waals surface area contributed by atoms with E-state index in [1.807, 2.05) is 18.2 Å². The number of unbranched alkanes of at least 4 members (excludes halogenated alkanes) is 3. The van der Waals surface area contributed by atoms with E-state index >= 15 is 0 Å². The predicted octanol–water partition coefficient (Wildman–Crippen LogP) is 4.24. The van der Waals surface area contributed by atoms with Crippen LogP contribution >= 0.6 is 0 Å². The first-order valence-corrected chi connectivity index (χ1v) is 7.12. The van der Waals surface area contributed by atoms with Crippen LogP contribution in [0.2, 0.25) is 0 Å². The number of carbonyl (C=O) groups is 1. The average molecular weight is 263 g/mol. The standard InChI is InChI=1S/C16H25NO2/c1-4-5-6-7-9-13(2)17-15-11-8-10-14(12-15)16(18)19-3/h8,10-13,17H,4-7,9H2,1-3H3. The van der Waals surface area contributed by atoms with Crippen LogP contribution < -0.4 is 5.32 Å². The highest BCUT2D eigenvalue weighted by Crippen LogP contribution is 2.15. The summed E-state index contributed by atoms with van der Waals surface area (Å²) in [5.41, 5.74) is 1.57. The zero-order valence-corrected chi connectivity index (χ0v) is 12.2. The molecule has 1 rings (SSSR count). The number of hydrogen-bond acceptors (Lipinski definition) is 3. The van der Waals surface area contributed by atoms with Gasteiger partial charge in [0.05, 0.1) is 12.7 Å². The Bertz CT molecular complexity index is 390. The predicted molar refractivity (Wildman–Crippen MR) is 79.6 cm³/mol. The Hall–Kier alpha value is -1.51. The Morgan fingerprint density at radius 1 is 1.32 bits per heavy atom. The molecule has 19 heavy (non-hydrogen) atoms. The van der Waals surface area contributed by atoms with E-state index in [-0.39, 0.29) is 5.97 Å². The number of carbonyl (C=O) groups excluding carboxylic acids is 1. The van der Waals surface area contributed by atoms with Gasteiger partial charge in [0.25, 0.3) is 0 Å². The minimum Gasteiger partial charge on any atom is -0.465 e. The highest BCUT2D eigenvalue weighted by molar-refractivity contribution is 5.90. The molecule has 0 saturated carbocycles. The molecule has 0 amide bonds. The maximum absolute atomic E-state index is 11.4. The third-order valence-electron chi connectivity index (χ3n) is 3.19. The lowest BCUT2D eigenvalue weighted by atomic mass is 10.1. The summed E-state index contributed by atoms with van der Waals surface area (Å²) in [6, 6.07) is 7.88. The molecule has 3 nitrogen and oxygen atoms in total. The number of rotatable bonds is 8. The van der Waals surface area contributed by atoms with Gasteiger partial charge < -0.3 is 10.1 Å². The van der Waals surface area contributed by atoms with E-state index in [0.717, 1.165) is 12.1 Å².